The molecule has 1 aliphatic heterocycles. The van der Waals surface area contributed by atoms with E-state index >= 15 is 0 Å². The standard InChI is InChI=1S/C15H21N7O/c1-12(22-11-17-19-20-22)15(23)18-14-4-7-21(8-5-14)10-13-3-2-6-16-9-13/h2-3,6,9,11-12,14H,4-5,7-8,10H2,1H3,(H,18,23)/t12-/m0/s1. The monoisotopic (exact) mass is 315 g/mol. The number of aromatic nitrogens is 5. The third kappa shape index (κ3) is 4.10. The molecule has 8 nitrogen and oxygen atoms in total. The molecular weight excluding hydrogens is 294 g/mol. The summed E-state index contributed by atoms with van der Waals surface area (Å²) in [7, 11) is 0. The number of pyridine rings is 1. The van der Waals surface area contributed by atoms with E-state index in [0.717, 1.165) is 32.5 Å². The number of tetrazole rings is 1. The first kappa shape index (κ1) is 15.5. The minimum atomic E-state index is -0.390. The maximum atomic E-state index is 12.2. The Kier molecular flexibility index (Phi) is 4.92. The molecule has 1 N–H and O–H groups in total. The number of nitrogens with zero attached hydrogens (tertiary/aromatic N) is 6. The molecule has 3 rings (SSSR count). The summed E-state index contributed by atoms with van der Waals surface area (Å²) in [5.74, 6) is -0.0389. The van der Waals surface area contributed by atoms with Crippen LogP contribution in [0.25, 0.3) is 0 Å². The maximum Gasteiger partial charge on any atom is 0.244 e. The predicted molar refractivity (Wildman–Crippen MR) is 83.2 cm³/mol. The van der Waals surface area contributed by atoms with E-state index < -0.39 is 6.04 Å². The molecule has 122 valence electrons. The zero-order valence-electron chi connectivity index (χ0n) is 13.2. The Balaban J connectivity index is 1.45. The molecule has 0 bridgehead atoms. The Labute approximate surface area is 134 Å². The van der Waals surface area contributed by atoms with Crippen molar-refractivity contribution in [2.75, 3.05) is 13.1 Å². The van der Waals surface area contributed by atoms with Crippen LogP contribution >= 0.6 is 0 Å². The van der Waals surface area contributed by atoms with Crippen LogP contribution in [0.4, 0.5) is 0 Å². The van der Waals surface area contributed by atoms with Crippen LogP contribution in [-0.2, 0) is 11.3 Å². The molecular formula is C15H21N7O. The number of carbonyl (C=O) groups excluding carboxylic acids is 1. The molecule has 23 heavy (non-hydrogen) atoms. The first-order chi connectivity index (χ1) is 11.2. The van der Waals surface area contributed by atoms with E-state index in [2.05, 4.69) is 36.8 Å². The summed E-state index contributed by atoms with van der Waals surface area (Å²) in [5.41, 5.74) is 1.22. The van der Waals surface area contributed by atoms with Gasteiger partial charge >= 0.3 is 0 Å². The number of carbonyl (C=O) groups is 1. The number of rotatable bonds is 5. The number of amides is 1. The quantitative estimate of drug-likeness (QED) is 0.859. The van der Waals surface area contributed by atoms with Gasteiger partial charge < -0.3 is 5.32 Å². The van der Waals surface area contributed by atoms with Crippen LogP contribution in [-0.4, -0.2) is 55.1 Å². The van der Waals surface area contributed by atoms with E-state index in [4.69, 9.17) is 0 Å². The fourth-order valence-electron chi connectivity index (χ4n) is 2.77. The number of piperidine rings is 1. The Hall–Kier alpha value is -2.35. The van der Waals surface area contributed by atoms with E-state index in [1.165, 1.54) is 16.6 Å². The van der Waals surface area contributed by atoms with E-state index in [1.54, 1.807) is 13.1 Å². The lowest BCUT2D eigenvalue weighted by molar-refractivity contribution is -0.125. The summed E-state index contributed by atoms with van der Waals surface area (Å²) >= 11 is 0. The van der Waals surface area contributed by atoms with Crippen molar-refractivity contribution in [2.45, 2.75) is 38.4 Å². The van der Waals surface area contributed by atoms with Crippen molar-refractivity contribution < 1.29 is 4.79 Å². The highest BCUT2D eigenvalue weighted by Gasteiger charge is 2.23. The Morgan fingerprint density at radius 3 is 2.91 bits per heavy atom. The highest BCUT2D eigenvalue weighted by molar-refractivity contribution is 5.80. The van der Waals surface area contributed by atoms with Gasteiger partial charge in [-0.2, -0.15) is 0 Å². The van der Waals surface area contributed by atoms with Crippen molar-refractivity contribution >= 4 is 5.91 Å². The van der Waals surface area contributed by atoms with E-state index in [0.29, 0.717) is 0 Å². The molecule has 0 aliphatic carbocycles. The van der Waals surface area contributed by atoms with Crippen LogP contribution in [0.3, 0.4) is 0 Å². The predicted octanol–water partition coefficient (Wildman–Crippen LogP) is 0.410. The molecule has 2 aromatic rings. The number of likely N-dealkylation sites (tertiary alicyclic amines) is 1. The molecule has 0 unspecified atom stereocenters. The summed E-state index contributed by atoms with van der Waals surface area (Å²) in [4.78, 5) is 18.8. The smallest absolute Gasteiger partial charge is 0.244 e. The molecule has 1 amide bonds. The zero-order chi connectivity index (χ0) is 16.1. The van der Waals surface area contributed by atoms with Gasteiger partial charge in [0.1, 0.15) is 12.4 Å². The molecule has 1 atom stereocenters. The molecule has 3 heterocycles. The van der Waals surface area contributed by atoms with Crippen molar-refractivity contribution in [1.82, 2.24) is 35.4 Å². The highest BCUT2D eigenvalue weighted by atomic mass is 16.2. The summed E-state index contributed by atoms with van der Waals surface area (Å²) in [6.07, 6.45) is 7.06. The normalized spacial score (nSPS) is 17.8. The maximum absolute atomic E-state index is 12.2. The molecule has 2 aromatic heterocycles. The van der Waals surface area contributed by atoms with Crippen molar-refractivity contribution in [2.24, 2.45) is 0 Å². The summed E-state index contributed by atoms with van der Waals surface area (Å²) < 4.78 is 1.47. The third-order valence-electron chi connectivity index (χ3n) is 4.20. The Morgan fingerprint density at radius 2 is 2.26 bits per heavy atom. The summed E-state index contributed by atoms with van der Waals surface area (Å²) in [6, 6.07) is 3.88. The largest absolute Gasteiger partial charge is 0.351 e. The zero-order valence-corrected chi connectivity index (χ0v) is 13.2. The second kappa shape index (κ2) is 7.28. The van der Waals surface area contributed by atoms with Crippen molar-refractivity contribution in [3.63, 3.8) is 0 Å². The van der Waals surface area contributed by atoms with Gasteiger partial charge in [0.05, 0.1) is 0 Å². The number of hydrogen-bond acceptors (Lipinski definition) is 6. The lowest BCUT2D eigenvalue weighted by atomic mass is 10.0. The van der Waals surface area contributed by atoms with Crippen LogP contribution in [0.5, 0.6) is 0 Å². The third-order valence-corrected chi connectivity index (χ3v) is 4.20. The SMILES string of the molecule is C[C@@H](C(=O)NC1CCN(Cc2cccnc2)CC1)n1cnnn1. The van der Waals surface area contributed by atoms with Crippen LogP contribution in [0.1, 0.15) is 31.4 Å². The van der Waals surface area contributed by atoms with Gasteiger partial charge in [0, 0.05) is 38.1 Å². The fraction of sp³-hybridized carbons (Fsp3) is 0.533. The number of nitrogens with one attached hydrogen (secondary N) is 1. The first-order valence-electron chi connectivity index (χ1n) is 7.86. The van der Waals surface area contributed by atoms with Gasteiger partial charge in [-0.1, -0.05) is 6.07 Å². The fourth-order valence-corrected chi connectivity index (χ4v) is 2.77. The van der Waals surface area contributed by atoms with E-state index in [9.17, 15) is 4.79 Å². The molecule has 8 heteroatoms. The first-order valence-corrected chi connectivity index (χ1v) is 7.86. The lowest BCUT2D eigenvalue weighted by Gasteiger charge is -2.32. The minimum Gasteiger partial charge on any atom is -0.351 e. The van der Waals surface area contributed by atoms with Gasteiger partial charge in [-0.05, 0) is 41.8 Å². The molecule has 0 spiro atoms. The molecule has 1 aliphatic rings. The van der Waals surface area contributed by atoms with Gasteiger partial charge in [-0.25, -0.2) is 4.68 Å². The van der Waals surface area contributed by atoms with Crippen LogP contribution < -0.4 is 5.32 Å². The Bertz CT molecular complexity index is 608. The molecule has 0 saturated carbocycles. The minimum absolute atomic E-state index is 0.0389. The summed E-state index contributed by atoms with van der Waals surface area (Å²) in [6.45, 7) is 4.65. The summed E-state index contributed by atoms with van der Waals surface area (Å²) in [5, 5.41) is 14.0. The van der Waals surface area contributed by atoms with Gasteiger partial charge in [0.25, 0.3) is 0 Å². The van der Waals surface area contributed by atoms with Crippen molar-refractivity contribution in [1.29, 1.82) is 0 Å². The van der Waals surface area contributed by atoms with Crippen LogP contribution in [0, 0.1) is 0 Å². The lowest BCUT2D eigenvalue weighted by Crippen LogP contribution is -2.46. The second-order valence-electron chi connectivity index (χ2n) is 5.89. The van der Waals surface area contributed by atoms with Crippen LogP contribution in [0.2, 0.25) is 0 Å². The highest BCUT2D eigenvalue weighted by Crippen LogP contribution is 2.14. The molecule has 1 saturated heterocycles. The van der Waals surface area contributed by atoms with Crippen LogP contribution in [0.15, 0.2) is 30.9 Å². The van der Waals surface area contributed by atoms with Crippen molar-refractivity contribution in [3.8, 4) is 0 Å². The average Bonchev–Trinajstić information content (AvgIpc) is 3.11. The molecule has 0 radical (unpaired) electrons. The van der Waals surface area contributed by atoms with E-state index in [1.807, 2.05) is 12.3 Å². The van der Waals surface area contributed by atoms with Gasteiger partial charge in [0.15, 0.2) is 0 Å². The van der Waals surface area contributed by atoms with Gasteiger partial charge in [-0.15, -0.1) is 5.10 Å². The topological polar surface area (TPSA) is 88.8 Å². The van der Waals surface area contributed by atoms with Gasteiger partial charge in [0.2, 0.25) is 5.91 Å². The Morgan fingerprint density at radius 1 is 1.43 bits per heavy atom. The second-order valence-corrected chi connectivity index (χ2v) is 5.89. The molecule has 1 fully saturated rings. The average molecular weight is 315 g/mol. The van der Waals surface area contributed by atoms with Gasteiger partial charge in [-0.3, -0.25) is 14.7 Å². The van der Waals surface area contributed by atoms with E-state index in [-0.39, 0.29) is 11.9 Å². The number of hydrogen-bond donors (Lipinski definition) is 1. The molecule has 0 aromatic carbocycles. The van der Waals surface area contributed by atoms with Crippen molar-refractivity contribution in [3.05, 3.63) is 36.4 Å².